The molecule has 0 aromatic heterocycles. The molecule has 144 valence electrons. The fourth-order valence-corrected chi connectivity index (χ4v) is 4.92. The normalized spacial score (nSPS) is 16.4. The first kappa shape index (κ1) is 19.8. The molecule has 1 aliphatic heterocycles. The smallest absolute Gasteiger partial charge is 0.289 e. The molecule has 0 amide bonds. The zero-order chi connectivity index (χ0) is 19.6. The van der Waals surface area contributed by atoms with Crippen molar-refractivity contribution in [1.82, 2.24) is 4.31 Å². The number of nitro groups is 1. The number of nitrogens with one attached hydrogen (secondary N) is 1. The second kappa shape index (κ2) is 7.93. The maximum atomic E-state index is 12.8. The summed E-state index contributed by atoms with van der Waals surface area (Å²) >= 11 is 5.78. The van der Waals surface area contributed by atoms with E-state index in [0.717, 1.165) is 12.6 Å². The molecular formula is C18H21ClN3O4S+. The minimum Gasteiger partial charge on any atom is -0.329 e. The number of nitrogens with zero attached hydrogens (tertiary/aromatic N) is 2. The summed E-state index contributed by atoms with van der Waals surface area (Å²) < 4.78 is 27.1. The molecule has 1 heterocycles. The molecule has 1 aliphatic rings. The van der Waals surface area contributed by atoms with Crippen molar-refractivity contribution in [3.8, 4) is 0 Å². The fourth-order valence-electron chi connectivity index (χ4n) is 3.27. The monoisotopic (exact) mass is 410 g/mol. The summed E-state index contributed by atoms with van der Waals surface area (Å²) in [7, 11) is -3.78. The van der Waals surface area contributed by atoms with Gasteiger partial charge in [0.15, 0.2) is 0 Å². The van der Waals surface area contributed by atoms with Gasteiger partial charge in [0.1, 0.15) is 11.6 Å². The Morgan fingerprint density at radius 1 is 1.19 bits per heavy atom. The van der Waals surface area contributed by atoms with Gasteiger partial charge in [-0.15, -0.1) is 0 Å². The summed E-state index contributed by atoms with van der Waals surface area (Å²) in [5.74, 6) is 0. The van der Waals surface area contributed by atoms with Crippen LogP contribution in [-0.4, -0.2) is 43.8 Å². The average molecular weight is 411 g/mol. The lowest BCUT2D eigenvalue weighted by molar-refractivity contribution is -0.917. The minimum atomic E-state index is -3.78. The second-order valence-electron chi connectivity index (χ2n) is 6.69. The van der Waals surface area contributed by atoms with Gasteiger partial charge >= 0.3 is 0 Å². The number of sulfonamides is 1. The van der Waals surface area contributed by atoms with Crippen LogP contribution in [0.15, 0.2) is 47.4 Å². The van der Waals surface area contributed by atoms with E-state index in [1.807, 2.05) is 6.07 Å². The molecule has 9 heteroatoms. The highest BCUT2D eigenvalue weighted by molar-refractivity contribution is 7.89. The third-order valence-electron chi connectivity index (χ3n) is 4.72. The number of hydrogen-bond acceptors (Lipinski definition) is 4. The van der Waals surface area contributed by atoms with Crippen LogP contribution in [0.4, 0.5) is 5.69 Å². The fraction of sp³-hybridized carbons (Fsp3) is 0.333. The molecule has 2 aromatic carbocycles. The van der Waals surface area contributed by atoms with Crippen LogP contribution in [0.5, 0.6) is 0 Å². The Morgan fingerprint density at radius 3 is 2.52 bits per heavy atom. The molecule has 27 heavy (non-hydrogen) atoms. The van der Waals surface area contributed by atoms with E-state index in [1.54, 1.807) is 0 Å². The van der Waals surface area contributed by atoms with Crippen molar-refractivity contribution in [2.45, 2.75) is 18.4 Å². The molecule has 3 rings (SSSR count). The van der Waals surface area contributed by atoms with Crippen LogP contribution in [0.2, 0.25) is 5.02 Å². The number of benzene rings is 2. The standard InChI is InChI=1S/C18H20ClN3O4S/c1-14-3-2-4-15(11-14)13-20-7-9-21(10-8-20)27(25,26)16-5-6-17(19)18(12-16)22(23)24/h2-6,11-12H,7-10,13H2,1H3/p+1. The van der Waals surface area contributed by atoms with Gasteiger partial charge in [-0.25, -0.2) is 8.42 Å². The van der Waals surface area contributed by atoms with Crippen molar-refractivity contribution >= 4 is 27.3 Å². The van der Waals surface area contributed by atoms with Crippen molar-refractivity contribution in [3.05, 3.63) is 68.7 Å². The maximum Gasteiger partial charge on any atom is 0.289 e. The zero-order valence-electron chi connectivity index (χ0n) is 14.9. The first-order valence-corrected chi connectivity index (χ1v) is 10.4. The van der Waals surface area contributed by atoms with E-state index in [1.165, 1.54) is 32.5 Å². The molecule has 0 radical (unpaired) electrons. The van der Waals surface area contributed by atoms with Crippen molar-refractivity contribution in [2.24, 2.45) is 0 Å². The second-order valence-corrected chi connectivity index (χ2v) is 9.04. The van der Waals surface area contributed by atoms with Crippen LogP contribution in [-0.2, 0) is 16.6 Å². The summed E-state index contributed by atoms with van der Waals surface area (Å²) in [6.45, 7) is 5.02. The summed E-state index contributed by atoms with van der Waals surface area (Å²) in [4.78, 5) is 11.6. The summed E-state index contributed by atoms with van der Waals surface area (Å²) in [5, 5.41) is 10.9. The third-order valence-corrected chi connectivity index (χ3v) is 6.93. The van der Waals surface area contributed by atoms with Gasteiger partial charge in [-0.2, -0.15) is 4.31 Å². The van der Waals surface area contributed by atoms with Crippen molar-refractivity contribution in [3.63, 3.8) is 0 Å². The first-order valence-electron chi connectivity index (χ1n) is 8.60. The Balaban J connectivity index is 1.69. The average Bonchev–Trinajstić information content (AvgIpc) is 2.62. The van der Waals surface area contributed by atoms with Crippen molar-refractivity contribution in [1.29, 1.82) is 0 Å². The first-order chi connectivity index (χ1) is 12.8. The number of quaternary nitrogens is 1. The number of hydrogen-bond donors (Lipinski definition) is 1. The Bertz CT molecular complexity index is 957. The lowest BCUT2D eigenvalue weighted by atomic mass is 10.1. The van der Waals surface area contributed by atoms with Crippen LogP contribution >= 0.6 is 11.6 Å². The molecule has 0 saturated carbocycles. The van der Waals surface area contributed by atoms with E-state index in [-0.39, 0.29) is 9.92 Å². The predicted octanol–water partition coefficient (Wildman–Crippen LogP) is 1.65. The molecule has 0 bridgehead atoms. The molecule has 0 aliphatic carbocycles. The molecule has 0 atom stereocenters. The van der Waals surface area contributed by atoms with E-state index < -0.39 is 20.6 Å². The van der Waals surface area contributed by atoms with E-state index >= 15 is 0 Å². The highest BCUT2D eigenvalue weighted by Gasteiger charge is 2.31. The summed E-state index contributed by atoms with van der Waals surface area (Å²) in [6, 6.07) is 11.9. The molecule has 1 saturated heterocycles. The minimum absolute atomic E-state index is 0.0774. The van der Waals surface area contributed by atoms with Gasteiger partial charge in [-0.3, -0.25) is 10.1 Å². The zero-order valence-corrected chi connectivity index (χ0v) is 16.5. The number of piperazine rings is 1. The number of aryl methyl sites for hydroxylation is 1. The van der Waals surface area contributed by atoms with E-state index in [2.05, 4.69) is 25.1 Å². The molecule has 2 aromatic rings. The van der Waals surface area contributed by atoms with Gasteiger partial charge in [0, 0.05) is 11.6 Å². The quantitative estimate of drug-likeness (QED) is 0.600. The van der Waals surface area contributed by atoms with E-state index in [0.29, 0.717) is 26.2 Å². The van der Waals surface area contributed by atoms with Crippen molar-refractivity contribution in [2.75, 3.05) is 26.2 Å². The SMILES string of the molecule is Cc1cccc(C[NH+]2CCN(S(=O)(=O)c3ccc(Cl)c([N+](=O)[O-])c3)CC2)c1. The van der Waals surface area contributed by atoms with Gasteiger partial charge in [-0.1, -0.05) is 41.4 Å². The van der Waals surface area contributed by atoms with E-state index in [4.69, 9.17) is 11.6 Å². The van der Waals surface area contributed by atoms with Crippen LogP contribution in [0.3, 0.4) is 0 Å². The Hall–Kier alpha value is -2.00. The lowest BCUT2D eigenvalue weighted by Gasteiger charge is -2.31. The van der Waals surface area contributed by atoms with Gasteiger partial charge < -0.3 is 4.90 Å². The predicted molar refractivity (Wildman–Crippen MR) is 102 cm³/mol. The third kappa shape index (κ3) is 4.47. The van der Waals surface area contributed by atoms with Crippen molar-refractivity contribution < 1.29 is 18.2 Å². The molecule has 0 unspecified atom stereocenters. The Morgan fingerprint density at radius 2 is 1.89 bits per heavy atom. The van der Waals surface area contributed by atoms with Gasteiger partial charge in [0.2, 0.25) is 10.0 Å². The highest BCUT2D eigenvalue weighted by atomic mass is 35.5. The van der Waals surface area contributed by atoms with Gasteiger partial charge in [0.25, 0.3) is 5.69 Å². The van der Waals surface area contributed by atoms with Gasteiger partial charge in [0.05, 0.1) is 36.0 Å². The van der Waals surface area contributed by atoms with Crippen LogP contribution in [0, 0.1) is 17.0 Å². The molecule has 7 nitrogen and oxygen atoms in total. The summed E-state index contributed by atoms with van der Waals surface area (Å²) in [6.07, 6.45) is 0. The van der Waals surface area contributed by atoms with E-state index in [9.17, 15) is 18.5 Å². The van der Waals surface area contributed by atoms with Crippen LogP contribution < -0.4 is 4.90 Å². The lowest BCUT2D eigenvalue weighted by Crippen LogP contribution is -3.13. The highest BCUT2D eigenvalue weighted by Crippen LogP contribution is 2.28. The molecule has 1 fully saturated rings. The van der Waals surface area contributed by atoms with Crippen LogP contribution in [0.1, 0.15) is 11.1 Å². The number of rotatable bonds is 5. The maximum absolute atomic E-state index is 12.8. The van der Waals surface area contributed by atoms with Crippen LogP contribution in [0.25, 0.3) is 0 Å². The molecular weight excluding hydrogens is 390 g/mol. The Kier molecular flexibility index (Phi) is 5.81. The summed E-state index contributed by atoms with van der Waals surface area (Å²) in [5.41, 5.74) is 2.04. The molecule has 1 N–H and O–H groups in total. The van der Waals surface area contributed by atoms with Gasteiger partial charge in [-0.05, 0) is 19.1 Å². The topological polar surface area (TPSA) is 85.0 Å². The number of nitro benzene ring substituents is 1. The largest absolute Gasteiger partial charge is 0.329 e. The number of halogens is 1. The Labute approximate surface area is 163 Å². The molecule has 0 spiro atoms.